The average molecular weight is 371 g/mol. The van der Waals surface area contributed by atoms with Gasteiger partial charge in [-0.1, -0.05) is 30.3 Å². The first-order chi connectivity index (χ1) is 13.0. The molecule has 0 spiro atoms. The summed E-state index contributed by atoms with van der Waals surface area (Å²) in [5.74, 6) is 0.00806. The molecule has 3 aliphatic rings. The molecule has 3 fully saturated rings. The van der Waals surface area contributed by atoms with Crippen molar-refractivity contribution in [2.45, 2.75) is 45.0 Å². The number of fused-ring (bicyclic) bond motifs is 1. The molecule has 3 heterocycles. The van der Waals surface area contributed by atoms with Crippen LogP contribution in [0.2, 0.25) is 0 Å². The van der Waals surface area contributed by atoms with Gasteiger partial charge in [0.05, 0.1) is 24.7 Å². The van der Waals surface area contributed by atoms with E-state index in [4.69, 9.17) is 4.74 Å². The smallest absolute Gasteiger partial charge is 0.228 e. The van der Waals surface area contributed by atoms with E-state index in [1.165, 1.54) is 5.56 Å². The maximum Gasteiger partial charge on any atom is 0.228 e. The predicted molar refractivity (Wildman–Crippen MR) is 102 cm³/mol. The zero-order chi connectivity index (χ0) is 19.0. The number of carbonyl (C=O) groups is 2. The van der Waals surface area contributed by atoms with Gasteiger partial charge in [-0.15, -0.1) is 0 Å². The zero-order valence-electron chi connectivity index (χ0n) is 16.2. The summed E-state index contributed by atoms with van der Waals surface area (Å²) in [7, 11) is 0. The van der Waals surface area contributed by atoms with Gasteiger partial charge in [0.25, 0.3) is 0 Å². The molecule has 3 aliphatic heterocycles. The largest absolute Gasteiger partial charge is 0.373 e. The van der Waals surface area contributed by atoms with Crippen molar-refractivity contribution in [3.05, 3.63) is 35.9 Å². The van der Waals surface area contributed by atoms with Crippen LogP contribution in [-0.2, 0) is 20.9 Å². The fourth-order valence-corrected chi connectivity index (χ4v) is 4.61. The van der Waals surface area contributed by atoms with Gasteiger partial charge in [0.15, 0.2) is 0 Å². The second-order valence-electron chi connectivity index (χ2n) is 8.22. The molecule has 1 aromatic carbocycles. The summed E-state index contributed by atoms with van der Waals surface area (Å²) in [5.41, 5.74) is 1.29. The lowest BCUT2D eigenvalue weighted by atomic mass is 10.1. The van der Waals surface area contributed by atoms with Crippen LogP contribution in [0.5, 0.6) is 0 Å². The second kappa shape index (κ2) is 7.60. The Labute approximate surface area is 161 Å². The van der Waals surface area contributed by atoms with Crippen LogP contribution < -0.4 is 0 Å². The van der Waals surface area contributed by atoms with E-state index in [0.717, 1.165) is 13.1 Å². The molecule has 27 heavy (non-hydrogen) atoms. The number of rotatable bonds is 4. The van der Waals surface area contributed by atoms with E-state index in [0.29, 0.717) is 32.7 Å². The minimum atomic E-state index is -0.206. The molecule has 3 saturated heterocycles. The summed E-state index contributed by atoms with van der Waals surface area (Å²) in [6.45, 7) is 8.38. The number of ether oxygens (including phenoxy) is 1. The third-order valence-corrected chi connectivity index (χ3v) is 6.09. The standard InChI is InChI=1S/C21H29N3O3/c1-15(2)24-12-17(10-20(24)25)21(26)23-13-18-19(14-23)27-9-8-22(18)11-16-6-4-3-5-7-16/h3-7,15,17-19H,8-14H2,1-2H3/t17-,18-,19+/m1/s1. The lowest BCUT2D eigenvalue weighted by molar-refractivity contribution is -0.135. The number of morpholine rings is 1. The summed E-state index contributed by atoms with van der Waals surface area (Å²) in [6, 6.07) is 10.8. The molecule has 1 aromatic rings. The maximum atomic E-state index is 13.0. The van der Waals surface area contributed by atoms with E-state index in [1.807, 2.05) is 29.7 Å². The van der Waals surface area contributed by atoms with Crippen LogP contribution in [0.25, 0.3) is 0 Å². The van der Waals surface area contributed by atoms with E-state index < -0.39 is 0 Å². The Kier molecular flexibility index (Phi) is 5.19. The Morgan fingerprint density at radius 1 is 1.19 bits per heavy atom. The highest BCUT2D eigenvalue weighted by molar-refractivity contribution is 5.89. The van der Waals surface area contributed by atoms with Gasteiger partial charge in [-0.2, -0.15) is 0 Å². The predicted octanol–water partition coefficient (Wildman–Crippen LogP) is 1.36. The minimum Gasteiger partial charge on any atom is -0.373 e. The first kappa shape index (κ1) is 18.4. The summed E-state index contributed by atoms with van der Waals surface area (Å²) in [6.07, 6.45) is 0.418. The normalized spacial score (nSPS) is 28.9. The number of hydrogen-bond acceptors (Lipinski definition) is 4. The van der Waals surface area contributed by atoms with Crippen molar-refractivity contribution < 1.29 is 14.3 Å². The summed E-state index contributed by atoms with van der Waals surface area (Å²) >= 11 is 0. The highest BCUT2D eigenvalue weighted by Crippen LogP contribution is 2.28. The molecule has 146 valence electrons. The maximum absolute atomic E-state index is 13.0. The molecule has 0 N–H and O–H groups in total. The molecule has 4 rings (SSSR count). The third-order valence-electron chi connectivity index (χ3n) is 6.09. The third kappa shape index (κ3) is 3.73. The van der Waals surface area contributed by atoms with Crippen LogP contribution in [0.3, 0.4) is 0 Å². The van der Waals surface area contributed by atoms with Gasteiger partial charge in [-0.25, -0.2) is 0 Å². The van der Waals surface area contributed by atoms with Gasteiger partial charge in [0.1, 0.15) is 0 Å². The van der Waals surface area contributed by atoms with Crippen LogP contribution >= 0.6 is 0 Å². The van der Waals surface area contributed by atoms with E-state index in [9.17, 15) is 9.59 Å². The van der Waals surface area contributed by atoms with Crippen LogP contribution in [0.4, 0.5) is 0 Å². The summed E-state index contributed by atoms with van der Waals surface area (Å²) in [5, 5.41) is 0. The Morgan fingerprint density at radius 2 is 1.96 bits per heavy atom. The van der Waals surface area contributed by atoms with Gasteiger partial charge in [0.2, 0.25) is 11.8 Å². The van der Waals surface area contributed by atoms with Crippen molar-refractivity contribution in [3.63, 3.8) is 0 Å². The zero-order valence-corrected chi connectivity index (χ0v) is 16.2. The van der Waals surface area contributed by atoms with Crippen LogP contribution in [0, 0.1) is 5.92 Å². The number of carbonyl (C=O) groups excluding carboxylic acids is 2. The van der Waals surface area contributed by atoms with Gasteiger partial charge >= 0.3 is 0 Å². The molecule has 2 amide bonds. The molecule has 0 unspecified atom stereocenters. The van der Waals surface area contributed by atoms with Gasteiger partial charge < -0.3 is 14.5 Å². The van der Waals surface area contributed by atoms with Crippen LogP contribution in [0.1, 0.15) is 25.8 Å². The highest BCUT2D eigenvalue weighted by Gasteiger charge is 2.45. The Bertz CT molecular complexity index is 693. The number of amides is 2. The Balaban J connectivity index is 1.41. The quantitative estimate of drug-likeness (QED) is 0.802. The lowest BCUT2D eigenvalue weighted by Crippen LogP contribution is -2.50. The first-order valence-electron chi connectivity index (χ1n) is 10.0. The molecule has 0 aromatic heterocycles. The summed E-state index contributed by atoms with van der Waals surface area (Å²) in [4.78, 5) is 31.4. The van der Waals surface area contributed by atoms with Gasteiger partial charge in [-0.3, -0.25) is 14.5 Å². The van der Waals surface area contributed by atoms with Crippen molar-refractivity contribution in [2.75, 3.05) is 32.8 Å². The van der Waals surface area contributed by atoms with Crippen LogP contribution in [-0.4, -0.2) is 77.5 Å². The van der Waals surface area contributed by atoms with E-state index in [1.54, 1.807) is 0 Å². The molecule has 3 atom stereocenters. The molecular weight excluding hydrogens is 342 g/mol. The minimum absolute atomic E-state index is 0.0738. The molecule has 0 radical (unpaired) electrons. The van der Waals surface area contributed by atoms with Crippen molar-refractivity contribution in [2.24, 2.45) is 5.92 Å². The highest BCUT2D eigenvalue weighted by atomic mass is 16.5. The number of likely N-dealkylation sites (tertiary alicyclic amines) is 2. The molecular formula is C21H29N3O3. The molecule has 0 aliphatic carbocycles. The van der Waals surface area contributed by atoms with Gasteiger partial charge in [0, 0.05) is 45.2 Å². The fraction of sp³-hybridized carbons (Fsp3) is 0.619. The number of nitrogens with zero attached hydrogens (tertiary/aromatic N) is 3. The number of benzene rings is 1. The summed E-state index contributed by atoms with van der Waals surface area (Å²) < 4.78 is 5.98. The van der Waals surface area contributed by atoms with E-state index in [-0.39, 0.29) is 35.9 Å². The molecule has 0 saturated carbocycles. The average Bonchev–Trinajstić information content (AvgIpc) is 3.26. The molecule has 6 nitrogen and oxygen atoms in total. The Morgan fingerprint density at radius 3 is 2.67 bits per heavy atom. The molecule has 0 bridgehead atoms. The fourth-order valence-electron chi connectivity index (χ4n) is 4.61. The van der Waals surface area contributed by atoms with Crippen molar-refractivity contribution >= 4 is 11.8 Å². The first-order valence-corrected chi connectivity index (χ1v) is 10.0. The van der Waals surface area contributed by atoms with Crippen LogP contribution in [0.15, 0.2) is 30.3 Å². The molecule has 6 heteroatoms. The van der Waals surface area contributed by atoms with Gasteiger partial charge in [-0.05, 0) is 19.4 Å². The Hall–Kier alpha value is -1.92. The monoisotopic (exact) mass is 371 g/mol. The second-order valence-corrected chi connectivity index (χ2v) is 8.22. The van der Waals surface area contributed by atoms with Crippen molar-refractivity contribution in [1.29, 1.82) is 0 Å². The van der Waals surface area contributed by atoms with E-state index >= 15 is 0 Å². The topological polar surface area (TPSA) is 53.1 Å². The van der Waals surface area contributed by atoms with Crippen molar-refractivity contribution in [1.82, 2.24) is 14.7 Å². The SMILES string of the molecule is CC(C)N1C[C@H](C(=O)N2C[C@@H]3OCCN(Cc4ccccc4)[C@@H]3C2)CC1=O. The number of hydrogen-bond donors (Lipinski definition) is 0. The van der Waals surface area contributed by atoms with Crippen molar-refractivity contribution in [3.8, 4) is 0 Å². The van der Waals surface area contributed by atoms with E-state index in [2.05, 4.69) is 29.2 Å². The lowest BCUT2D eigenvalue weighted by Gasteiger charge is -2.36.